The standard InChI is InChI=1S/C23H24FN5O3/c1-13-4-2-3-5-16(13)23(31)27-11-14-6-7-17(18(24)10-14)20-19(22(26)30)21(25)29(28-20)15-8-9-32-12-15/h2-7,10,15H,8-9,11-12,25H2,1H3,(H2,26,30)(H,27,31). The Bertz CT molecular complexity index is 1180. The molecule has 8 nitrogen and oxygen atoms in total. The second-order valence-corrected chi connectivity index (χ2v) is 7.75. The molecule has 5 N–H and O–H groups in total. The van der Waals surface area contributed by atoms with Crippen LogP contribution in [-0.4, -0.2) is 34.8 Å². The van der Waals surface area contributed by atoms with E-state index in [4.69, 9.17) is 16.2 Å². The van der Waals surface area contributed by atoms with E-state index in [1.807, 2.05) is 19.1 Å². The molecule has 0 aliphatic carbocycles. The smallest absolute Gasteiger partial charge is 0.254 e. The van der Waals surface area contributed by atoms with Gasteiger partial charge in [0.2, 0.25) is 0 Å². The molecule has 2 heterocycles. The summed E-state index contributed by atoms with van der Waals surface area (Å²) in [6.45, 7) is 2.96. The number of ether oxygens (including phenoxy) is 1. The minimum absolute atomic E-state index is 0.0172. The zero-order chi connectivity index (χ0) is 22.8. The maximum absolute atomic E-state index is 15.0. The minimum atomic E-state index is -0.781. The molecule has 1 saturated heterocycles. The normalized spacial score (nSPS) is 15.6. The van der Waals surface area contributed by atoms with Gasteiger partial charge >= 0.3 is 0 Å². The number of aryl methyl sites for hydroxylation is 1. The number of anilines is 1. The summed E-state index contributed by atoms with van der Waals surface area (Å²) in [5.41, 5.74) is 13.8. The molecule has 9 heteroatoms. The van der Waals surface area contributed by atoms with E-state index in [9.17, 15) is 9.59 Å². The molecule has 0 bridgehead atoms. The van der Waals surface area contributed by atoms with E-state index in [2.05, 4.69) is 10.4 Å². The van der Waals surface area contributed by atoms with Gasteiger partial charge in [0.15, 0.2) is 0 Å². The van der Waals surface area contributed by atoms with Crippen LogP contribution in [-0.2, 0) is 11.3 Å². The third-order valence-corrected chi connectivity index (χ3v) is 5.58. The third-order valence-electron chi connectivity index (χ3n) is 5.58. The molecule has 1 fully saturated rings. The van der Waals surface area contributed by atoms with Gasteiger partial charge in [-0.15, -0.1) is 0 Å². The van der Waals surface area contributed by atoms with Crippen molar-refractivity contribution in [2.75, 3.05) is 18.9 Å². The number of nitrogens with one attached hydrogen (secondary N) is 1. The van der Waals surface area contributed by atoms with Gasteiger partial charge in [0, 0.05) is 24.3 Å². The quantitative estimate of drug-likeness (QED) is 0.547. The maximum Gasteiger partial charge on any atom is 0.254 e. The second kappa shape index (κ2) is 8.80. The van der Waals surface area contributed by atoms with E-state index in [0.29, 0.717) is 30.8 Å². The average molecular weight is 437 g/mol. The number of primary amides is 1. The van der Waals surface area contributed by atoms with Crippen LogP contribution in [0.25, 0.3) is 11.3 Å². The van der Waals surface area contributed by atoms with Crippen molar-refractivity contribution in [2.24, 2.45) is 5.73 Å². The largest absolute Gasteiger partial charge is 0.383 e. The van der Waals surface area contributed by atoms with E-state index >= 15 is 4.39 Å². The molecule has 1 atom stereocenters. The highest BCUT2D eigenvalue weighted by atomic mass is 19.1. The fourth-order valence-electron chi connectivity index (χ4n) is 3.84. The number of hydrogen-bond donors (Lipinski definition) is 3. The highest BCUT2D eigenvalue weighted by molar-refractivity contribution is 6.03. The molecule has 1 unspecified atom stereocenters. The van der Waals surface area contributed by atoms with Crippen LogP contribution in [0, 0.1) is 12.7 Å². The molecule has 0 radical (unpaired) electrons. The second-order valence-electron chi connectivity index (χ2n) is 7.75. The highest BCUT2D eigenvalue weighted by Gasteiger charge is 2.28. The van der Waals surface area contributed by atoms with Gasteiger partial charge in [0.05, 0.1) is 12.6 Å². The minimum Gasteiger partial charge on any atom is -0.383 e. The number of carbonyl (C=O) groups is 2. The fourth-order valence-corrected chi connectivity index (χ4v) is 3.84. The first-order valence-electron chi connectivity index (χ1n) is 10.2. The molecule has 32 heavy (non-hydrogen) atoms. The number of rotatable bonds is 6. The summed E-state index contributed by atoms with van der Waals surface area (Å²) in [6.07, 6.45) is 0.686. The van der Waals surface area contributed by atoms with Crippen LogP contribution in [0.4, 0.5) is 10.2 Å². The van der Waals surface area contributed by atoms with E-state index < -0.39 is 11.7 Å². The molecule has 166 valence electrons. The number of halogens is 1. The molecule has 1 aliphatic rings. The molecule has 2 amide bonds. The lowest BCUT2D eigenvalue weighted by atomic mass is 10.0. The number of aromatic nitrogens is 2. The van der Waals surface area contributed by atoms with Crippen molar-refractivity contribution in [3.05, 3.63) is 70.5 Å². The topological polar surface area (TPSA) is 125 Å². The van der Waals surface area contributed by atoms with Crippen molar-refractivity contribution in [2.45, 2.75) is 25.9 Å². The Morgan fingerprint density at radius 1 is 1.28 bits per heavy atom. The van der Waals surface area contributed by atoms with Crippen molar-refractivity contribution < 1.29 is 18.7 Å². The first-order valence-corrected chi connectivity index (χ1v) is 10.2. The Morgan fingerprint density at radius 2 is 2.06 bits per heavy atom. The number of benzene rings is 2. The molecule has 0 spiro atoms. The van der Waals surface area contributed by atoms with Crippen molar-refractivity contribution in [1.29, 1.82) is 0 Å². The van der Waals surface area contributed by atoms with Gasteiger partial charge in [-0.3, -0.25) is 9.59 Å². The van der Waals surface area contributed by atoms with Crippen molar-refractivity contribution in [3.8, 4) is 11.3 Å². The van der Waals surface area contributed by atoms with Crippen LogP contribution in [0.1, 0.15) is 44.3 Å². The summed E-state index contributed by atoms with van der Waals surface area (Å²) in [5.74, 6) is -1.52. The van der Waals surface area contributed by atoms with E-state index in [1.165, 1.54) is 16.8 Å². The predicted octanol–water partition coefficient (Wildman–Crippen LogP) is 2.57. The average Bonchev–Trinajstić information content (AvgIpc) is 3.40. The Kier molecular flexibility index (Phi) is 5.91. The summed E-state index contributed by atoms with van der Waals surface area (Å²) in [6, 6.07) is 11.6. The summed E-state index contributed by atoms with van der Waals surface area (Å²) >= 11 is 0. The zero-order valence-electron chi connectivity index (χ0n) is 17.6. The molecule has 1 aliphatic heterocycles. The lowest BCUT2D eigenvalue weighted by molar-refractivity contribution is 0.0949. The van der Waals surface area contributed by atoms with Gasteiger partial charge < -0.3 is 21.5 Å². The van der Waals surface area contributed by atoms with E-state index in [-0.39, 0.29) is 41.1 Å². The van der Waals surface area contributed by atoms with Crippen LogP contribution in [0.2, 0.25) is 0 Å². The summed E-state index contributed by atoms with van der Waals surface area (Å²) in [4.78, 5) is 24.5. The molecular formula is C23H24FN5O3. The molecule has 2 aromatic carbocycles. The molecule has 4 rings (SSSR count). The van der Waals surface area contributed by atoms with E-state index in [1.54, 1.807) is 18.2 Å². The van der Waals surface area contributed by atoms with Gasteiger partial charge in [-0.05, 0) is 42.7 Å². The Hall–Kier alpha value is -3.72. The Morgan fingerprint density at radius 3 is 2.72 bits per heavy atom. The number of nitrogen functional groups attached to an aromatic ring is 1. The van der Waals surface area contributed by atoms with Gasteiger partial charge in [0.25, 0.3) is 11.8 Å². The van der Waals surface area contributed by atoms with Crippen molar-refractivity contribution in [1.82, 2.24) is 15.1 Å². The third kappa shape index (κ3) is 4.06. The Balaban J connectivity index is 1.58. The first kappa shape index (κ1) is 21.5. The SMILES string of the molecule is Cc1ccccc1C(=O)NCc1ccc(-c2nn(C3CCOC3)c(N)c2C(N)=O)c(F)c1. The summed E-state index contributed by atoms with van der Waals surface area (Å²) in [5, 5.41) is 7.19. The highest BCUT2D eigenvalue weighted by Crippen LogP contribution is 2.33. The van der Waals surface area contributed by atoms with Crippen molar-refractivity contribution >= 4 is 17.6 Å². The van der Waals surface area contributed by atoms with Crippen LogP contribution < -0.4 is 16.8 Å². The summed E-state index contributed by atoms with van der Waals surface area (Å²) in [7, 11) is 0. The van der Waals surface area contributed by atoms with Gasteiger partial charge in [-0.1, -0.05) is 24.3 Å². The van der Waals surface area contributed by atoms with Gasteiger partial charge in [0.1, 0.15) is 22.9 Å². The number of hydrogen-bond acceptors (Lipinski definition) is 5. The molecule has 0 saturated carbocycles. The van der Waals surface area contributed by atoms with Crippen LogP contribution in [0.15, 0.2) is 42.5 Å². The van der Waals surface area contributed by atoms with E-state index in [0.717, 1.165) is 5.56 Å². The first-order chi connectivity index (χ1) is 15.4. The predicted molar refractivity (Wildman–Crippen MR) is 117 cm³/mol. The Labute approximate surface area is 184 Å². The number of amides is 2. The number of nitrogens with two attached hydrogens (primary N) is 2. The van der Waals surface area contributed by atoms with Crippen LogP contribution in [0.5, 0.6) is 0 Å². The molecule has 1 aromatic heterocycles. The lowest BCUT2D eigenvalue weighted by Gasteiger charge is -2.10. The van der Waals surface area contributed by atoms with Crippen LogP contribution in [0.3, 0.4) is 0 Å². The monoisotopic (exact) mass is 437 g/mol. The fraction of sp³-hybridized carbons (Fsp3) is 0.261. The van der Waals surface area contributed by atoms with Crippen molar-refractivity contribution in [3.63, 3.8) is 0 Å². The van der Waals surface area contributed by atoms with Gasteiger partial charge in [-0.2, -0.15) is 5.10 Å². The molecule has 3 aromatic rings. The maximum atomic E-state index is 15.0. The number of nitrogens with zero attached hydrogens (tertiary/aromatic N) is 2. The lowest BCUT2D eigenvalue weighted by Crippen LogP contribution is -2.23. The zero-order valence-corrected chi connectivity index (χ0v) is 17.6. The summed E-state index contributed by atoms with van der Waals surface area (Å²) < 4.78 is 21.9. The number of carbonyl (C=O) groups excluding carboxylic acids is 2. The van der Waals surface area contributed by atoms with Gasteiger partial charge in [-0.25, -0.2) is 9.07 Å². The van der Waals surface area contributed by atoms with Crippen LogP contribution >= 0.6 is 0 Å². The molecular weight excluding hydrogens is 413 g/mol.